The lowest BCUT2D eigenvalue weighted by molar-refractivity contribution is -0.115. The van der Waals surface area contributed by atoms with E-state index in [1.54, 1.807) is 7.05 Å². The second-order valence-electron chi connectivity index (χ2n) is 5.44. The Morgan fingerprint density at radius 3 is 2.40 bits per heavy atom. The average molecular weight is 363 g/mol. The summed E-state index contributed by atoms with van der Waals surface area (Å²) in [6.07, 6.45) is 0. The van der Waals surface area contributed by atoms with Crippen molar-refractivity contribution in [3.05, 3.63) is 64.9 Å². The van der Waals surface area contributed by atoms with Gasteiger partial charge in [0.05, 0.1) is 6.54 Å². The zero-order valence-electron chi connectivity index (χ0n) is 14.1. The number of carbonyl (C=O) groups is 1. The van der Waals surface area contributed by atoms with E-state index >= 15 is 0 Å². The molecule has 0 radical (unpaired) electrons. The van der Waals surface area contributed by atoms with Gasteiger partial charge in [-0.05, 0) is 42.0 Å². The van der Waals surface area contributed by atoms with E-state index in [4.69, 9.17) is 11.6 Å². The van der Waals surface area contributed by atoms with Crippen LogP contribution in [0.25, 0.3) is 0 Å². The van der Waals surface area contributed by atoms with Gasteiger partial charge in [-0.1, -0.05) is 23.7 Å². The molecule has 0 aliphatic heterocycles. The molecule has 132 valence electrons. The van der Waals surface area contributed by atoms with Crippen molar-refractivity contribution in [2.45, 2.75) is 6.54 Å². The maximum atomic E-state index is 12.9. The Kier molecular flexibility index (Phi) is 6.77. The normalized spacial score (nSPS) is 11.1. The first-order valence-electron chi connectivity index (χ1n) is 7.69. The third-order valence-corrected chi connectivity index (χ3v) is 3.69. The number of hydrogen-bond donors (Lipinski definition) is 2. The van der Waals surface area contributed by atoms with Gasteiger partial charge in [-0.25, -0.2) is 4.39 Å². The second-order valence-corrected chi connectivity index (χ2v) is 5.87. The summed E-state index contributed by atoms with van der Waals surface area (Å²) in [6.45, 7) is 0.672. The number of benzene rings is 2. The SMILES string of the molecule is CN=C(NCC(=O)Nc1ccc(F)cc1)N(C)Cc1ccc(Cl)cc1. The Morgan fingerprint density at radius 2 is 1.80 bits per heavy atom. The van der Waals surface area contributed by atoms with E-state index < -0.39 is 0 Å². The summed E-state index contributed by atoms with van der Waals surface area (Å²) in [5, 5.41) is 6.37. The largest absolute Gasteiger partial charge is 0.347 e. The fourth-order valence-electron chi connectivity index (χ4n) is 2.22. The van der Waals surface area contributed by atoms with E-state index in [2.05, 4.69) is 15.6 Å². The number of guanidine groups is 1. The van der Waals surface area contributed by atoms with Crippen LogP contribution < -0.4 is 10.6 Å². The summed E-state index contributed by atoms with van der Waals surface area (Å²) in [5.74, 6) is -0.00259. The molecule has 5 nitrogen and oxygen atoms in total. The molecule has 0 aliphatic carbocycles. The van der Waals surface area contributed by atoms with E-state index in [1.807, 2.05) is 36.2 Å². The van der Waals surface area contributed by atoms with Crippen molar-refractivity contribution in [2.24, 2.45) is 4.99 Å². The Labute approximate surface area is 151 Å². The third kappa shape index (κ3) is 6.08. The molecule has 0 aliphatic rings. The van der Waals surface area contributed by atoms with Gasteiger partial charge in [0.25, 0.3) is 0 Å². The molecule has 2 aromatic rings. The fourth-order valence-corrected chi connectivity index (χ4v) is 2.35. The van der Waals surface area contributed by atoms with Crippen LogP contribution in [0.15, 0.2) is 53.5 Å². The molecular formula is C18H20ClFN4O. The van der Waals surface area contributed by atoms with Crippen LogP contribution in [0.4, 0.5) is 10.1 Å². The number of nitrogens with zero attached hydrogens (tertiary/aromatic N) is 2. The van der Waals surface area contributed by atoms with Gasteiger partial charge in [-0.2, -0.15) is 0 Å². The molecule has 0 spiro atoms. The molecule has 7 heteroatoms. The first-order valence-corrected chi connectivity index (χ1v) is 8.07. The molecule has 25 heavy (non-hydrogen) atoms. The first kappa shape index (κ1) is 18.7. The van der Waals surface area contributed by atoms with Crippen LogP contribution in [0.5, 0.6) is 0 Å². The maximum absolute atomic E-state index is 12.9. The van der Waals surface area contributed by atoms with Crippen molar-refractivity contribution in [3.8, 4) is 0 Å². The molecule has 0 saturated carbocycles. The molecule has 0 aromatic heterocycles. The van der Waals surface area contributed by atoms with Crippen molar-refractivity contribution in [3.63, 3.8) is 0 Å². The molecule has 0 heterocycles. The van der Waals surface area contributed by atoms with E-state index in [0.29, 0.717) is 23.2 Å². The van der Waals surface area contributed by atoms with Gasteiger partial charge in [0.2, 0.25) is 5.91 Å². The molecule has 2 N–H and O–H groups in total. The van der Waals surface area contributed by atoms with E-state index in [-0.39, 0.29) is 18.3 Å². The highest BCUT2D eigenvalue weighted by molar-refractivity contribution is 6.30. The van der Waals surface area contributed by atoms with Gasteiger partial charge < -0.3 is 15.5 Å². The quantitative estimate of drug-likeness (QED) is 0.634. The van der Waals surface area contributed by atoms with E-state index in [0.717, 1.165) is 5.56 Å². The predicted octanol–water partition coefficient (Wildman–Crippen LogP) is 3.13. The number of carbonyl (C=O) groups excluding carboxylic acids is 1. The summed E-state index contributed by atoms with van der Waals surface area (Å²) in [7, 11) is 3.53. The monoisotopic (exact) mass is 362 g/mol. The third-order valence-electron chi connectivity index (χ3n) is 3.44. The molecule has 0 unspecified atom stereocenters. The van der Waals surface area contributed by atoms with Gasteiger partial charge in [-0.15, -0.1) is 0 Å². The van der Waals surface area contributed by atoms with Crippen LogP contribution >= 0.6 is 11.6 Å². The summed E-state index contributed by atoms with van der Waals surface area (Å²) in [6, 6.07) is 13.1. The number of anilines is 1. The van der Waals surface area contributed by atoms with Crippen LogP contribution in [0.1, 0.15) is 5.56 Å². The number of amides is 1. The second kappa shape index (κ2) is 9.03. The van der Waals surface area contributed by atoms with Crippen LogP contribution in [-0.4, -0.2) is 37.4 Å². The Bertz CT molecular complexity index is 732. The molecule has 0 saturated heterocycles. The predicted molar refractivity (Wildman–Crippen MR) is 99.3 cm³/mol. The van der Waals surface area contributed by atoms with Crippen molar-refractivity contribution < 1.29 is 9.18 Å². The average Bonchev–Trinajstić information content (AvgIpc) is 2.59. The number of hydrogen-bond acceptors (Lipinski definition) is 2. The fraction of sp³-hybridized carbons (Fsp3) is 0.222. The lowest BCUT2D eigenvalue weighted by atomic mass is 10.2. The van der Waals surface area contributed by atoms with Crippen LogP contribution in [0.2, 0.25) is 5.02 Å². The van der Waals surface area contributed by atoms with E-state index in [9.17, 15) is 9.18 Å². The number of halogens is 2. The molecule has 0 fully saturated rings. The van der Waals surface area contributed by atoms with Crippen molar-refractivity contribution in [1.29, 1.82) is 0 Å². The molecule has 2 rings (SSSR count). The van der Waals surface area contributed by atoms with Gasteiger partial charge in [0, 0.05) is 31.4 Å². The minimum atomic E-state index is -0.347. The van der Waals surface area contributed by atoms with Gasteiger partial charge in [0.15, 0.2) is 5.96 Å². The van der Waals surface area contributed by atoms with Crippen molar-refractivity contribution in [1.82, 2.24) is 10.2 Å². The summed E-state index contributed by atoms with van der Waals surface area (Å²) in [4.78, 5) is 18.0. The number of nitrogens with one attached hydrogen (secondary N) is 2. The lowest BCUT2D eigenvalue weighted by Gasteiger charge is -2.22. The minimum Gasteiger partial charge on any atom is -0.347 e. The molecule has 0 bridgehead atoms. The minimum absolute atomic E-state index is 0.0506. The number of rotatable bonds is 5. The van der Waals surface area contributed by atoms with Crippen molar-refractivity contribution in [2.75, 3.05) is 26.0 Å². The van der Waals surface area contributed by atoms with Crippen LogP contribution in [-0.2, 0) is 11.3 Å². The van der Waals surface area contributed by atoms with Gasteiger partial charge in [-0.3, -0.25) is 9.79 Å². The molecule has 1 amide bonds. The van der Waals surface area contributed by atoms with Crippen molar-refractivity contribution >= 4 is 29.2 Å². The van der Waals surface area contributed by atoms with Gasteiger partial charge in [0.1, 0.15) is 5.82 Å². The molecule has 2 aromatic carbocycles. The lowest BCUT2D eigenvalue weighted by Crippen LogP contribution is -2.42. The number of aliphatic imine (C=N–C) groups is 1. The van der Waals surface area contributed by atoms with Gasteiger partial charge >= 0.3 is 0 Å². The summed E-state index contributed by atoms with van der Waals surface area (Å²) >= 11 is 5.88. The zero-order chi connectivity index (χ0) is 18.2. The Balaban J connectivity index is 1.85. The standard InChI is InChI=1S/C18H20ClFN4O/c1-21-18(24(2)12-13-3-5-14(19)6-4-13)22-11-17(25)23-16-9-7-15(20)8-10-16/h3-10H,11-12H2,1-2H3,(H,21,22)(H,23,25). The Morgan fingerprint density at radius 1 is 1.16 bits per heavy atom. The summed E-state index contributed by atoms with van der Waals surface area (Å²) < 4.78 is 12.9. The highest BCUT2D eigenvalue weighted by Crippen LogP contribution is 2.11. The van der Waals surface area contributed by atoms with Crippen LogP contribution in [0.3, 0.4) is 0 Å². The topological polar surface area (TPSA) is 56.7 Å². The summed E-state index contributed by atoms with van der Waals surface area (Å²) in [5.41, 5.74) is 1.61. The Hall–Kier alpha value is -2.60. The zero-order valence-corrected chi connectivity index (χ0v) is 14.8. The highest BCUT2D eigenvalue weighted by atomic mass is 35.5. The molecular weight excluding hydrogens is 343 g/mol. The molecule has 0 atom stereocenters. The highest BCUT2D eigenvalue weighted by Gasteiger charge is 2.09. The van der Waals surface area contributed by atoms with Crippen LogP contribution in [0, 0.1) is 5.82 Å². The maximum Gasteiger partial charge on any atom is 0.243 e. The van der Waals surface area contributed by atoms with E-state index in [1.165, 1.54) is 24.3 Å². The first-order chi connectivity index (χ1) is 12.0. The smallest absolute Gasteiger partial charge is 0.243 e.